The van der Waals surface area contributed by atoms with Gasteiger partial charge in [-0.05, 0) is 18.6 Å². The maximum absolute atomic E-state index is 14.1. The molecule has 0 spiro atoms. The largest absolute Gasteiger partial charge is 0.482 e. The number of amides is 2. The Morgan fingerprint density at radius 3 is 2.45 bits per heavy atom. The molecule has 210 valence electrons. The lowest BCUT2D eigenvalue weighted by Gasteiger charge is -2.23. The first-order valence-electron chi connectivity index (χ1n) is 12.3. The minimum absolute atomic E-state index is 0.00417. The van der Waals surface area contributed by atoms with Crippen LogP contribution >= 0.6 is 0 Å². The standard InChI is InChI=1S/C29H30F2N4O5/c1-4-18(3)34-35-15-23(28(38)32-14-20-11-12-21(30)13-24(20)31)26(37)27(40-17-19-9-7-6-8-10-19)25(35)29(39)33-22(5-2)16-36/h4-13,15,18,22,34,36H,1-2,14,16-17H2,3H3,(H,32,38)(H,33,39)/t18?,22-/m0/s1. The lowest BCUT2D eigenvalue weighted by molar-refractivity contribution is 0.0908. The third-order valence-electron chi connectivity index (χ3n) is 5.80. The lowest BCUT2D eigenvalue weighted by Crippen LogP contribution is -2.41. The number of aliphatic hydroxyl groups excluding tert-OH is 1. The number of pyridine rings is 1. The first-order valence-corrected chi connectivity index (χ1v) is 12.3. The summed E-state index contributed by atoms with van der Waals surface area (Å²) in [6.07, 6.45) is 3.97. The molecule has 0 aliphatic heterocycles. The summed E-state index contributed by atoms with van der Waals surface area (Å²) in [7, 11) is 0. The Labute approximate surface area is 229 Å². The van der Waals surface area contributed by atoms with E-state index in [1.807, 2.05) is 0 Å². The van der Waals surface area contributed by atoms with Crippen molar-refractivity contribution in [3.8, 4) is 5.75 Å². The monoisotopic (exact) mass is 552 g/mol. The summed E-state index contributed by atoms with van der Waals surface area (Å²) in [6.45, 7) is 8.10. The molecule has 0 saturated carbocycles. The van der Waals surface area contributed by atoms with Crippen molar-refractivity contribution in [3.63, 3.8) is 0 Å². The molecule has 1 unspecified atom stereocenters. The zero-order chi connectivity index (χ0) is 29.2. The van der Waals surface area contributed by atoms with Crippen molar-refractivity contribution in [1.29, 1.82) is 0 Å². The number of ether oxygens (including phenoxy) is 1. The Hall–Kier alpha value is -4.77. The van der Waals surface area contributed by atoms with Gasteiger partial charge in [0.2, 0.25) is 5.43 Å². The highest BCUT2D eigenvalue weighted by molar-refractivity contribution is 5.99. The summed E-state index contributed by atoms with van der Waals surface area (Å²) in [5.41, 5.74) is 2.06. The molecule has 2 atom stereocenters. The number of carbonyl (C=O) groups is 2. The molecule has 3 rings (SSSR count). The number of aliphatic hydroxyl groups is 1. The molecule has 40 heavy (non-hydrogen) atoms. The van der Waals surface area contributed by atoms with Gasteiger partial charge in [-0.15, -0.1) is 13.2 Å². The van der Waals surface area contributed by atoms with Crippen LogP contribution in [-0.2, 0) is 13.2 Å². The number of nitrogens with one attached hydrogen (secondary N) is 3. The average molecular weight is 553 g/mol. The van der Waals surface area contributed by atoms with Crippen LogP contribution in [0.2, 0.25) is 0 Å². The molecular weight excluding hydrogens is 522 g/mol. The number of hydrogen-bond acceptors (Lipinski definition) is 6. The number of aromatic nitrogens is 1. The Bertz CT molecular complexity index is 1440. The van der Waals surface area contributed by atoms with Gasteiger partial charge in [-0.25, -0.2) is 8.78 Å². The van der Waals surface area contributed by atoms with Gasteiger partial charge in [-0.3, -0.25) is 19.1 Å². The topological polar surface area (TPSA) is 122 Å². The van der Waals surface area contributed by atoms with Gasteiger partial charge in [-0.2, -0.15) is 0 Å². The smallest absolute Gasteiger partial charge is 0.274 e. The second-order valence-electron chi connectivity index (χ2n) is 8.76. The van der Waals surface area contributed by atoms with Crippen molar-refractivity contribution in [2.24, 2.45) is 0 Å². The van der Waals surface area contributed by atoms with Gasteiger partial charge in [-0.1, -0.05) is 48.6 Å². The summed E-state index contributed by atoms with van der Waals surface area (Å²) in [5, 5.41) is 14.5. The van der Waals surface area contributed by atoms with Crippen LogP contribution in [0.5, 0.6) is 5.75 Å². The SMILES string of the molecule is C=CC(C)Nn1cc(C(=O)NCc2ccc(F)cc2F)c(=O)c(OCc2ccccc2)c1C(=O)N[C@@H](C=C)CO. The van der Waals surface area contributed by atoms with Crippen molar-refractivity contribution < 1.29 is 28.2 Å². The number of carbonyl (C=O) groups excluding carboxylic acids is 2. The van der Waals surface area contributed by atoms with Crippen LogP contribution in [0.3, 0.4) is 0 Å². The van der Waals surface area contributed by atoms with Crippen molar-refractivity contribution in [2.75, 3.05) is 12.0 Å². The fraction of sp³-hybridized carbons (Fsp3) is 0.207. The fourth-order valence-corrected chi connectivity index (χ4v) is 3.55. The summed E-state index contributed by atoms with van der Waals surface area (Å²) in [6, 6.07) is 10.5. The van der Waals surface area contributed by atoms with Crippen LogP contribution in [0.15, 0.2) is 84.8 Å². The molecule has 11 heteroatoms. The van der Waals surface area contributed by atoms with Crippen LogP contribution in [0.1, 0.15) is 38.9 Å². The van der Waals surface area contributed by atoms with Gasteiger partial charge in [0.15, 0.2) is 11.4 Å². The van der Waals surface area contributed by atoms with Crippen LogP contribution in [0, 0.1) is 11.6 Å². The third kappa shape index (κ3) is 7.41. The fourth-order valence-electron chi connectivity index (χ4n) is 3.55. The van der Waals surface area contributed by atoms with Gasteiger partial charge in [0, 0.05) is 24.4 Å². The van der Waals surface area contributed by atoms with Crippen molar-refractivity contribution in [1.82, 2.24) is 15.3 Å². The normalized spacial score (nSPS) is 12.1. The molecule has 1 aromatic heterocycles. The van der Waals surface area contributed by atoms with Crippen molar-refractivity contribution in [3.05, 3.63) is 124 Å². The Kier molecular flexibility index (Phi) is 10.3. The Morgan fingerprint density at radius 2 is 1.82 bits per heavy atom. The number of halogens is 2. The van der Waals surface area contributed by atoms with E-state index in [0.717, 1.165) is 16.9 Å². The number of nitrogens with zero attached hydrogens (tertiary/aromatic N) is 1. The van der Waals surface area contributed by atoms with E-state index >= 15 is 0 Å². The van der Waals surface area contributed by atoms with E-state index in [2.05, 4.69) is 29.2 Å². The molecule has 0 aliphatic rings. The molecule has 0 fully saturated rings. The van der Waals surface area contributed by atoms with Crippen LogP contribution in [0.4, 0.5) is 8.78 Å². The predicted octanol–water partition coefficient (Wildman–Crippen LogP) is 3.03. The molecule has 2 amide bonds. The predicted molar refractivity (Wildman–Crippen MR) is 147 cm³/mol. The molecule has 2 aromatic carbocycles. The van der Waals surface area contributed by atoms with E-state index in [1.165, 1.54) is 18.2 Å². The molecule has 0 radical (unpaired) electrons. The minimum atomic E-state index is -0.901. The maximum atomic E-state index is 14.1. The molecule has 4 N–H and O–H groups in total. The first-order chi connectivity index (χ1) is 19.2. The number of benzene rings is 2. The van der Waals surface area contributed by atoms with Crippen molar-refractivity contribution in [2.45, 2.75) is 32.2 Å². The van der Waals surface area contributed by atoms with E-state index in [-0.39, 0.29) is 24.4 Å². The van der Waals surface area contributed by atoms with Gasteiger partial charge in [0.1, 0.15) is 23.8 Å². The Balaban J connectivity index is 2.09. The first kappa shape index (κ1) is 29.8. The molecule has 0 aliphatic carbocycles. The molecular formula is C29H30F2N4O5. The molecule has 9 nitrogen and oxygen atoms in total. The van der Waals surface area contributed by atoms with Crippen LogP contribution in [0.25, 0.3) is 0 Å². The van der Waals surface area contributed by atoms with E-state index in [9.17, 15) is 28.3 Å². The molecule has 3 aromatic rings. The van der Waals surface area contributed by atoms with E-state index in [0.29, 0.717) is 11.6 Å². The van der Waals surface area contributed by atoms with E-state index in [1.54, 1.807) is 37.3 Å². The quantitative estimate of drug-likeness (QED) is 0.242. The lowest BCUT2D eigenvalue weighted by atomic mass is 10.1. The van der Waals surface area contributed by atoms with Crippen LogP contribution < -0.4 is 26.2 Å². The second kappa shape index (κ2) is 13.9. The Morgan fingerprint density at radius 1 is 1.10 bits per heavy atom. The van der Waals surface area contributed by atoms with E-state index in [4.69, 9.17) is 4.74 Å². The van der Waals surface area contributed by atoms with Crippen molar-refractivity contribution >= 4 is 11.8 Å². The van der Waals surface area contributed by atoms with Crippen LogP contribution in [-0.4, -0.2) is 40.3 Å². The van der Waals surface area contributed by atoms with Gasteiger partial charge < -0.3 is 25.9 Å². The third-order valence-corrected chi connectivity index (χ3v) is 5.80. The summed E-state index contributed by atoms with van der Waals surface area (Å²) in [5.74, 6) is -3.74. The number of rotatable bonds is 13. The van der Waals surface area contributed by atoms with Gasteiger partial charge in [0.05, 0.1) is 18.7 Å². The second-order valence-corrected chi connectivity index (χ2v) is 8.76. The van der Waals surface area contributed by atoms with E-state index < -0.39 is 58.9 Å². The minimum Gasteiger partial charge on any atom is -0.482 e. The van der Waals surface area contributed by atoms with Gasteiger partial charge >= 0.3 is 0 Å². The summed E-state index contributed by atoms with van der Waals surface area (Å²) in [4.78, 5) is 40.1. The average Bonchev–Trinajstić information content (AvgIpc) is 2.95. The van der Waals surface area contributed by atoms with Gasteiger partial charge in [0.25, 0.3) is 11.8 Å². The highest BCUT2D eigenvalue weighted by Crippen LogP contribution is 2.18. The highest BCUT2D eigenvalue weighted by Gasteiger charge is 2.27. The maximum Gasteiger partial charge on any atom is 0.274 e. The molecule has 0 bridgehead atoms. The summed E-state index contributed by atoms with van der Waals surface area (Å²) >= 11 is 0. The zero-order valence-corrected chi connectivity index (χ0v) is 21.8. The molecule has 0 saturated heterocycles. The summed E-state index contributed by atoms with van der Waals surface area (Å²) < 4.78 is 34.3. The molecule has 1 heterocycles. The zero-order valence-electron chi connectivity index (χ0n) is 21.8. The highest BCUT2D eigenvalue weighted by atomic mass is 19.1. The number of hydrogen-bond donors (Lipinski definition) is 4.